The maximum Gasteiger partial charge on any atom is 0.244 e. The molecule has 71 heavy (non-hydrogen) atoms. The fourth-order valence-corrected chi connectivity index (χ4v) is 10.4. The van der Waals surface area contributed by atoms with Gasteiger partial charge in [0.1, 0.15) is 23.9 Å². The van der Waals surface area contributed by atoms with Crippen molar-refractivity contribution in [2.45, 2.75) is 114 Å². The third-order valence-corrected chi connectivity index (χ3v) is 14.7. The van der Waals surface area contributed by atoms with Gasteiger partial charge in [-0.05, 0) is 80.0 Å². The highest BCUT2D eigenvalue weighted by Gasteiger charge is 2.33. The number of benzene rings is 3. The Morgan fingerprint density at radius 3 is 2.17 bits per heavy atom. The number of aromatic amines is 1. The molecule has 16 N–H and O–H groups in total. The van der Waals surface area contributed by atoms with E-state index in [9.17, 15) is 39.0 Å². The van der Waals surface area contributed by atoms with Crippen LogP contribution < -0.4 is 54.4 Å². The molecule has 6 amide bonds. The highest BCUT2D eigenvalue weighted by atomic mass is 33.1. The Morgan fingerprint density at radius 1 is 0.789 bits per heavy atom. The summed E-state index contributed by atoms with van der Waals surface area (Å²) in [5, 5.41) is 42.6. The molecule has 1 saturated heterocycles. The normalized spacial score (nSPS) is 22.5. The van der Waals surface area contributed by atoms with Gasteiger partial charge in [0.15, 0.2) is 0 Å². The van der Waals surface area contributed by atoms with E-state index in [-0.39, 0.29) is 55.0 Å². The number of aliphatic hydroxyl groups excluding tert-OH is 1. The first-order chi connectivity index (χ1) is 34.0. The van der Waals surface area contributed by atoms with Crippen LogP contribution in [0.15, 0.2) is 85.1 Å². The Balaban J connectivity index is 1.53. The lowest BCUT2D eigenvalue weighted by Gasteiger charge is -2.30. The van der Waals surface area contributed by atoms with Crippen molar-refractivity contribution >= 4 is 67.9 Å². The number of aromatic hydroxyl groups is 1. The molecule has 5 rings (SSSR count). The van der Waals surface area contributed by atoms with Crippen molar-refractivity contribution in [3.63, 3.8) is 0 Å². The van der Waals surface area contributed by atoms with Gasteiger partial charge in [-0.1, -0.05) is 103 Å². The Morgan fingerprint density at radius 2 is 1.48 bits per heavy atom. The number of nitrogens with two attached hydrogens (primary N) is 3. The minimum absolute atomic E-state index is 0.00307. The predicted molar refractivity (Wildman–Crippen MR) is 279 cm³/mol. The summed E-state index contributed by atoms with van der Waals surface area (Å²) in [6.07, 6.45) is 2.82. The van der Waals surface area contributed by atoms with Crippen LogP contribution >= 0.6 is 21.6 Å². The summed E-state index contributed by atoms with van der Waals surface area (Å²) in [5.41, 5.74) is 21.1. The van der Waals surface area contributed by atoms with Crippen LogP contribution in [0, 0.1) is 5.92 Å². The second kappa shape index (κ2) is 28.4. The number of aliphatic hydroxyl groups is 1. The Bertz CT molecular complexity index is 2360. The minimum atomic E-state index is -1.39. The molecule has 4 aromatic rings. The van der Waals surface area contributed by atoms with E-state index < -0.39 is 84.0 Å². The SMILES string of the molecule is CC(C)[C@@H]1CN[C@@H](C(=O)N[C@H](C(N)=O)[C@@H](C)O)CSSC[C@H](NC(=O)[C@@H](N)Cc2ccccc2)C(=O)N[C@@H](Cc2ccc(O)cc2)C(=O)N[C@H](Cc2c[nH]c3ccccc23)CN[C@@H](CCCCN)C(=O)N1. The van der Waals surface area contributed by atoms with Crippen molar-refractivity contribution in [3.05, 3.63) is 102 Å². The Labute approximate surface area is 422 Å². The van der Waals surface area contributed by atoms with Gasteiger partial charge < -0.3 is 69.6 Å². The minimum Gasteiger partial charge on any atom is -0.508 e. The van der Waals surface area contributed by atoms with Crippen LogP contribution in [0.25, 0.3) is 10.9 Å². The number of hydrogen-bond donors (Lipinski definition) is 13. The van der Waals surface area contributed by atoms with Crippen molar-refractivity contribution in [2.75, 3.05) is 31.1 Å². The number of primary amides is 1. The summed E-state index contributed by atoms with van der Waals surface area (Å²) in [6.45, 7) is 5.89. The molecule has 0 bridgehead atoms. The number of H-pyrrole nitrogens is 1. The summed E-state index contributed by atoms with van der Waals surface area (Å²) in [6, 6.07) is 15.5. The van der Waals surface area contributed by atoms with E-state index in [1.165, 1.54) is 40.6 Å². The monoisotopic (exact) mass is 1020 g/mol. The number of phenolic OH excluding ortho intramolecular Hbond substituents is 1. The van der Waals surface area contributed by atoms with Crippen LogP contribution in [0.1, 0.15) is 56.7 Å². The molecule has 1 aliphatic heterocycles. The lowest BCUT2D eigenvalue weighted by molar-refractivity contribution is -0.132. The number of unbranched alkanes of at least 4 members (excludes halogenated alkanes) is 1. The van der Waals surface area contributed by atoms with E-state index >= 15 is 0 Å². The number of rotatable bonds is 17. The molecule has 0 aliphatic carbocycles. The van der Waals surface area contributed by atoms with Crippen LogP contribution in [0.2, 0.25) is 0 Å². The summed E-state index contributed by atoms with van der Waals surface area (Å²) in [7, 11) is 2.37. The number of para-hydroxylation sites is 1. The number of hydrogen-bond acceptors (Lipinski definition) is 14. The van der Waals surface area contributed by atoms with Gasteiger partial charge in [0, 0.05) is 60.2 Å². The fourth-order valence-electron chi connectivity index (χ4n) is 8.07. The average Bonchev–Trinajstić information content (AvgIpc) is 3.75. The second-order valence-electron chi connectivity index (χ2n) is 18.3. The van der Waals surface area contributed by atoms with Crippen molar-refractivity contribution in [3.8, 4) is 5.75 Å². The predicted octanol–water partition coefficient (Wildman–Crippen LogP) is 0.615. The summed E-state index contributed by atoms with van der Waals surface area (Å²) < 4.78 is 0. The Kier molecular flexibility index (Phi) is 22.5. The molecule has 3 aromatic carbocycles. The molecular weight excluding hydrogens is 947 g/mol. The van der Waals surface area contributed by atoms with Gasteiger partial charge in [0.05, 0.1) is 24.2 Å². The highest BCUT2D eigenvalue weighted by Crippen LogP contribution is 2.24. The molecule has 0 saturated carbocycles. The van der Waals surface area contributed by atoms with Gasteiger partial charge in [-0.15, -0.1) is 0 Å². The molecule has 1 aliphatic rings. The zero-order valence-corrected chi connectivity index (χ0v) is 42.2. The molecule has 1 fully saturated rings. The van der Waals surface area contributed by atoms with Crippen molar-refractivity contribution < 1.29 is 39.0 Å². The van der Waals surface area contributed by atoms with E-state index in [2.05, 4.69) is 42.2 Å². The summed E-state index contributed by atoms with van der Waals surface area (Å²) in [4.78, 5) is 86.9. The zero-order valence-electron chi connectivity index (χ0n) is 40.5. The van der Waals surface area contributed by atoms with Crippen molar-refractivity contribution in [2.24, 2.45) is 23.1 Å². The third kappa shape index (κ3) is 17.8. The first-order valence-electron chi connectivity index (χ1n) is 24.1. The van der Waals surface area contributed by atoms with Gasteiger partial charge in [-0.2, -0.15) is 0 Å². The van der Waals surface area contributed by atoms with E-state index in [1.54, 1.807) is 12.1 Å². The molecule has 386 valence electrons. The van der Waals surface area contributed by atoms with Gasteiger partial charge >= 0.3 is 0 Å². The molecule has 9 atom stereocenters. The number of nitrogens with one attached hydrogen (secondary N) is 8. The maximum absolute atomic E-state index is 14.8. The number of carbonyl (C=O) groups is 6. The van der Waals surface area contributed by atoms with Gasteiger partial charge in [0.25, 0.3) is 0 Å². The van der Waals surface area contributed by atoms with Crippen molar-refractivity contribution in [1.29, 1.82) is 0 Å². The first-order valence-corrected chi connectivity index (χ1v) is 26.5. The standard InChI is InChI=1S/C50H71N11O8S2/c1-29(2)41-26-56-42(49(68)61-44(30(3)62)45(53)64)27-70-71-28-43(60-46(65)37(52)21-31-11-5-4-6-12-31)50(69)58-40(22-32-16-18-35(63)19-17-32)48(67)57-34(23-33-24-54-38-14-8-7-13-36(33)38)25-55-39(47(66)59-41)15-9-10-20-51/h4-8,11-14,16-19,24,29-30,34,37,39-44,54-56,62-63H,9-10,15,20-23,25-28,51-52H2,1-3H3,(H2,53,64)(H,57,67)(H,58,69)(H,59,66)(H,60,65)(H,61,68)/t30-,34-,37+,39+,40+,41+,42-,43+,44+/m1/s1. The summed E-state index contributed by atoms with van der Waals surface area (Å²) >= 11 is 0. The largest absolute Gasteiger partial charge is 0.508 e. The van der Waals surface area contributed by atoms with E-state index in [0.717, 1.165) is 22.0 Å². The van der Waals surface area contributed by atoms with Crippen LogP contribution in [-0.2, 0) is 48.0 Å². The van der Waals surface area contributed by atoms with E-state index in [1.807, 2.05) is 74.6 Å². The van der Waals surface area contributed by atoms with Gasteiger partial charge in [-0.3, -0.25) is 28.8 Å². The zero-order chi connectivity index (χ0) is 51.5. The molecule has 21 heteroatoms. The molecule has 2 heterocycles. The maximum atomic E-state index is 14.8. The second-order valence-corrected chi connectivity index (χ2v) is 20.9. The molecular formula is C50H71N11O8S2. The van der Waals surface area contributed by atoms with E-state index in [4.69, 9.17) is 17.2 Å². The van der Waals surface area contributed by atoms with Crippen molar-refractivity contribution in [1.82, 2.24) is 42.2 Å². The average molecular weight is 1020 g/mol. The number of carbonyl (C=O) groups excluding carboxylic acids is 6. The molecule has 0 unspecified atom stereocenters. The number of aromatic nitrogens is 1. The van der Waals surface area contributed by atoms with Gasteiger partial charge in [0.2, 0.25) is 35.4 Å². The van der Waals surface area contributed by atoms with E-state index in [0.29, 0.717) is 37.8 Å². The van der Waals surface area contributed by atoms with Crippen LogP contribution in [0.3, 0.4) is 0 Å². The fraction of sp³-hybridized carbons (Fsp3) is 0.480. The lowest BCUT2D eigenvalue weighted by Crippen LogP contribution is -2.60. The number of fused-ring (bicyclic) bond motifs is 1. The lowest BCUT2D eigenvalue weighted by atomic mass is 10.0. The highest BCUT2D eigenvalue weighted by molar-refractivity contribution is 8.76. The van der Waals surface area contributed by atoms with Crippen LogP contribution in [-0.4, -0.2) is 136 Å². The number of phenols is 1. The first kappa shape index (κ1) is 56.2. The van der Waals surface area contributed by atoms with Gasteiger partial charge in [-0.25, -0.2) is 0 Å². The van der Waals surface area contributed by atoms with Crippen LogP contribution in [0.4, 0.5) is 0 Å². The smallest absolute Gasteiger partial charge is 0.244 e. The molecule has 19 nitrogen and oxygen atoms in total. The van der Waals surface area contributed by atoms with Crippen LogP contribution in [0.5, 0.6) is 5.75 Å². The molecule has 0 spiro atoms. The Hall–Kier alpha value is -5.68. The number of amides is 6. The topological polar surface area (TPSA) is 321 Å². The quantitative estimate of drug-likeness (QED) is 0.0510. The third-order valence-electron chi connectivity index (χ3n) is 12.3. The molecule has 1 aromatic heterocycles. The summed E-state index contributed by atoms with van der Waals surface area (Å²) in [5.74, 6) is -3.76. The molecule has 0 radical (unpaired) electrons.